The van der Waals surface area contributed by atoms with E-state index in [1.165, 1.54) is 12.5 Å². The van der Waals surface area contributed by atoms with Crippen molar-refractivity contribution >= 4 is 23.3 Å². The van der Waals surface area contributed by atoms with Crippen LogP contribution in [0.2, 0.25) is 0 Å². The van der Waals surface area contributed by atoms with Gasteiger partial charge in [0.15, 0.2) is 5.78 Å². The van der Waals surface area contributed by atoms with Crippen LogP contribution in [0, 0.1) is 6.92 Å². The zero-order valence-corrected chi connectivity index (χ0v) is 17.4. The molecule has 5 rings (SSSR count). The monoisotopic (exact) mass is 413 g/mol. The number of benzene rings is 2. The molecule has 2 heterocycles. The Labute approximate surface area is 180 Å². The summed E-state index contributed by atoms with van der Waals surface area (Å²) in [6.07, 6.45) is 1.22. The molecular weight excluding hydrogens is 390 g/mol. The minimum absolute atomic E-state index is 0.119. The summed E-state index contributed by atoms with van der Waals surface area (Å²) in [4.78, 5) is 24.8. The van der Waals surface area contributed by atoms with E-state index < -0.39 is 0 Å². The third-order valence-electron chi connectivity index (χ3n) is 6.09. The first kappa shape index (κ1) is 19.3. The molecule has 3 aromatic rings. The number of aromatic nitrogens is 1. The van der Waals surface area contributed by atoms with E-state index in [-0.39, 0.29) is 23.5 Å². The third-order valence-corrected chi connectivity index (χ3v) is 6.09. The number of hydrogen-bond acceptors (Lipinski definition) is 5. The van der Waals surface area contributed by atoms with Gasteiger partial charge >= 0.3 is 0 Å². The summed E-state index contributed by atoms with van der Waals surface area (Å²) in [6.45, 7) is 3.38. The maximum absolute atomic E-state index is 13.4. The van der Waals surface area contributed by atoms with E-state index >= 15 is 0 Å². The van der Waals surface area contributed by atoms with Crippen molar-refractivity contribution in [2.24, 2.45) is 0 Å². The summed E-state index contributed by atoms with van der Waals surface area (Å²) < 4.78 is 5.58. The van der Waals surface area contributed by atoms with Gasteiger partial charge in [0.2, 0.25) is 11.8 Å². The Kier molecular flexibility index (Phi) is 4.70. The van der Waals surface area contributed by atoms with E-state index in [9.17, 15) is 9.59 Å². The Morgan fingerprint density at radius 2 is 1.81 bits per heavy atom. The van der Waals surface area contributed by atoms with Gasteiger partial charge < -0.3 is 15.2 Å². The second-order valence-corrected chi connectivity index (χ2v) is 8.20. The highest BCUT2D eigenvalue weighted by molar-refractivity contribution is 6.01. The van der Waals surface area contributed by atoms with Crippen molar-refractivity contribution in [2.75, 3.05) is 10.6 Å². The molecular formula is C25H23N3O3. The molecule has 1 aromatic heterocycles. The largest absolute Gasteiger partial charge is 0.338 e. The summed E-state index contributed by atoms with van der Waals surface area (Å²) in [6, 6.07) is 17.8. The highest BCUT2D eigenvalue weighted by atomic mass is 16.5. The predicted octanol–water partition coefficient (Wildman–Crippen LogP) is 4.90. The topological polar surface area (TPSA) is 84.2 Å². The Morgan fingerprint density at radius 3 is 2.52 bits per heavy atom. The van der Waals surface area contributed by atoms with E-state index in [4.69, 9.17) is 4.52 Å². The van der Waals surface area contributed by atoms with Gasteiger partial charge in [0, 0.05) is 36.2 Å². The van der Waals surface area contributed by atoms with Crippen LogP contribution < -0.4 is 10.6 Å². The van der Waals surface area contributed by atoms with Crippen LogP contribution in [0.3, 0.4) is 0 Å². The van der Waals surface area contributed by atoms with Gasteiger partial charge in [-0.1, -0.05) is 47.6 Å². The number of ketones is 1. The first-order valence-corrected chi connectivity index (χ1v) is 10.4. The number of fused-ring (bicyclic) bond motifs is 1. The molecule has 1 aliphatic heterocycles. The standard InChI is InChI=1S/C25H23N3O3/c1-14-22-23(17-8-10-19(11-9-17)26-15(2)29)24-20(27-25(22)31-28-14)12-18(13-21(24)30)16-6-4-3-5-7-16/h3-11,18,23,27H,12-13H2,1-2H3,(H,26,29)/t18-,23+/m1/s1. The fourth-order valence-electron chi connectivity index (χ4n) is 4.73. The van der Waals surface area contributed by atoms with Crippen LogP contribution in [0.1, 0.15) is 54.0 Å². The van der Waals surface area contributed by atoms with Gasteiger partial charge in [0.05, 0.1) is 11.3 Å². The maximum Gasteiger partial charge on any atom is 0.233 e. The van der Waals surface area contributed by atoms with Gasteiger partial charge in [-0.05, 0) is 42.5 Å². The minimum atomic E-state index is -0.242. The molecule has 0 spiro atoms. The van der Waals surface area contributed by atoms with Crippen LogP contribution in [0.15, 0.2) is 70.4 Å². The quantitative estimate of drug-likeness (QED) is 0.638. The predicted molar refractivity (Wildman–Crippen MR) is 118 cm³/mol. The SMILES string of the molecule is CC(=O)Nc1ccc([C@@H]2C3=C(C[C@@H](c4ccccc4)CC3=O)Nc3onc(C)c32)cc1. The highest BCUT2D eigenvalue weighted by Gasteiger charge is 2.41. The van der Waals surface area contributed by atoms with Gasteiger partial charge in [-0.15, -0.1) is 0 Å². The summed E-state index contributed by atoms with van der Waals surface area (Å²) in [5.74, 6) is 0.520. The van der Waals surface area contributed by atoms with E-state index in [0.29, 0.717) is 12.3 Å². The number of carbonyl (C=O) groups is 2. The average molecular weight is 413 g/mol. The lowest BCUT2D eigenvalue weighted by molar-refractivity contribution is -0.116. The van der Waals surface area contributed by atoms with Gasteiger partial charge in [0.25, 0.3) is 0 Å². The lowest BCUT2D eigenvalue weighted by Crippen LogP contribution is -2.29. The van der Waals surface area contributed by atoms with Gasteiger partial charge in [-0.25, -0.2) is 0 Å². The molecule has 0 radical (unpaired) electrons. The molecule has 6 heteroatoms. The molecule has 6 nitrogen and oxygen atoms in total. The molecule has 31 heavy (non-hydrogen) atoms. The van der Waals surface area contributed by atoms with Crippen molar-refractivity contribution in [3.8, 4) is 0 Å². The van der Waals surface area contributed by atoms with Crippen LogP contribution in [0.25, 0.3) is 0 Å². The summed E-state index contributed by atoms with van der Waals surface area (Å²) in [7, 11) is 0. The molecule has 2 atom stereocenters. The van der Waals surface area contributed by atoms with Gasteiger partial charge in [-0.3, -0.25) is 9.59 Å². The Balaban J connectivity index is 1.57. The molecule has 1 amide bonds. The van der Waals surface area contributed by atoms with Crippen molar-refractivity contribution in [1.29, 1.82) is 0 Å². The fraction of sp³-hybridized carbons (Fsp3) is 0.240. The number of amides is 1. The summed E-state index contributed by atoms with van der Waals surface area (Å²) in [5, 5.41) is 10.3. The number of aryl methyl sites for hydroxylation is 1. The molecule has 0 fully saturated rings. The molecule has 0 unspecified atom stereocenters. The summed E-state index contributed by atoms with van der Waals surface area (Å²) in [5.41, 5.74) is 6.23. The van der Waals surface area contributed by atoms with Gasteiger partial charge in [0.1, 0.15) is 0 Å². The molecule has 0 bridgehead atoms. The van der Waals surface area contributed by atoms with Crippen LogP contribution in [-0.2, 0) is 9.59 Å². The van der Waals surface area contributed by atoms with E-state index in [2.05, 4.69) is 27.9 Å². The number of hydrogen-bond donors (Lipinski definition) is 2. The number of nitrogens with zero attached hydrogens (tertiary/aromatic N) is 1. The average Bonchev–Trinajstić information content (AvgIpc) is 3.13. The number of anilines is 2. The fourth-order valence-corrected chi connectivity index (χ4v) is 4.73. The Bertz CT molecular complexity index is 1190. The van der Waals surface area contributed by atoms with Crippen molar-refractivity contribution in [3.05, 3.63) is 88.3 Å². The summed E-state index contributed by atoms with van der Waals surface area (Å²) >= 11 is 0. The molecule has 156 valence electrons. The second-order valence-electron chi connectivity index (χ2n) is 8.20. The number of rotatable bonds is 3. The van der Waals surface area contributed by atoms with Crippen LogP contribution in [0.4, 0.5) is 11.6 Å². The minimum Gasteiger partial charge on any atom is -0.338 e. The lowest BCUT2D eigenvalue weighted by atomic mass is 9.72. The molecule has 0 saturated carbocycles. The van der Waals surface area contributed by atoms with Crippen molar-refractivity contribution in [2.45, 2.75) is 38.5 Å². The number of carbonyl (C=O) groups excluding carboxylic acids is 2. The van der Waals surface area contributed by atoms with Crippen LogP contribution in [-0.4, -0.2) is 16.8 Å². The zero-order chi connectivity index (χ0) is 21.5. The molecule has 0 saturated heterocycles. The van der Waals surface area contributed by atoms with E-state index in [1.54, 1.807) is 0 Å². The first-order chi connectivity index (χ1) is 15.0. The van der Waals surface area contributed by atoms with Gasteiger partial charge in [-0.2, -0.15) is 0 Å². The van der Waals surface area contributed by atoms with Crippen molar-refractivity contribution in [1.82, 2.24) is 5.16 Å². The smallest absolute Gasteiger partial charge is 0.233 e. The number of Topliss-reactive ketones (excluding diaryl/α,β-unsaturated/α-hetero) is 1. The number of nitrogens with one attached hydrogen (secondary N) is 2. The Hall–Kier alpha value is -3.67. The number of allylic oxidation sites excluding steroid dienone is 2. The van der Waals surface area contributed by atoms with Crippen molar-refractivity contribution in [3.63, 3.8) is 0 Å². The lowest BCUT2D eigenvalue weighted by Gasteiger charge is -2.34. The third kappa shape index (κ3) is 3.44. The second kappa shape index (κ2) is 7.54. The first-order valence-electron chi connectivity index (χ1n) is 10.4. The maximum atomic E-state index is 13.4. The van der Waals surface area contributed by atoms with Crippen molar-refractivity contribution < 1.29 is 14.1 Å². The molecule has 1 aliphatic carbocycles. The molecule has 2 N–H and O–H groups in total. The molecule has 2 aliphatic rings. The normalized spacial score (nSPS) is 20.0. The van der Waals surface area contributed by atoms with E-state index in [1.807, 2.05) is 49.4 Å². The van der Waals surface area contributed by atoms with Crippen LogP contribution in [0.5, 0.6) is 0 Å². The Morgan fingerprint density at radius 1 is 1.06 bits per heavy atom. The zero-order valence-electron chi connectivity index (χ0n) is 17.4. The highest BCUT2D eigenvalue weighted by Crippen LogP contribution is 2.49. The van der Waals surface area contributed by atoms with E-state index in [0.717, 1.165) is 40.2 Å². The van der Waals surface area contributed by atoms with Crippen LogP contribution >= 0.6 is 0 Å². The molecule has 2 aromatic carbocycles.